The molecule has 2 N–H and O–H groups in total. The van der Waals surface area contributed by atoms with Crippen molar-refractivity contribution in [1.82, 2.24) is 5.32 Å². The van der Waals surface area contributed by atoms with E-state index in [2.05, 4.69) is 29.6 Å². The van der Waals surface area contributed by atoms with Crippen LogP contribution in [0.25, 0.3) is 0 Å². The van der Waals surface area contributed by atoms with Crippen LogP contribution in [0.3, 0.4) is 0 Å². The van der Waals surface area contributed by atoms with E-state index >= 15 is 0 Å². The van der Waals surface area contributed by atoms with Crippen LogP contribution in [0.1, 0.15) is 55.6 Å². The van der Waals surface area contributed by atoms with Gasteiger partial charge in [-0.2, -0.15) is 0 Å². The second-order valence-electron chi connectivity index (χ2n) is 5.33. The molecule has 1 saturated carbocycles. The van der Waals surface area contributed by atoms with E-state index < -0.39 is 0 Å². The Kier molecular flexibility index (Phi) is 5.40. The minimum atomic E-state index is -0.0983. The normalized spacial score (nSPS) is 16.3. The van der Waals surface area contributed by atoms with Gasteiger partial charge >= 0.3 is 0 Å². The molecule has 1 amide bonds. The van der Waals surface area contributed by atoms with Gasteiger partial charge in [0.1, 0.15) is 0 Å². The summed E-state index contributed by atoms with van der Waals surface area (Å²) >= 11 is 0. The fourth-order valence-electron chi connectivity index (χ4n) is 2.73. The summed E-state index contributed by atoms with van der Waals surface area (Å²) in [5.74, 6) is 0.630. The molecule has 0 atom stereocenters. The van der Waals surface area contributed by atoms with Crippen molar-refractivity contribution < 1.29 is 9.90 Å². The van der Waals surface area contributed by atoms with E-state index in [1.807, 2.05) is 0 Å². The molecule has 0 radical (unpaired) electrons. The van der Waals surface area contributed by atoms with Gasteiger partial charge in [-0.3, -0.25) is 4.79 Å². The van der Waals surface area contributed by atoms with Crippen LogP contribution in [0.5, 0.6) is 0 Å². The maximum Gasteiger partial charge on any atom is 0.222 e. The first-order valence-corrected chi connectivity index (χ1v) is 7.26. The van der Waals surface area contributed by atoms with Gasteiger partial charge in [-0.25, -0.2) is 0 Å². The van der Waals surface area contributed by atoms with Crippen LogP contribution in [0, 0.1) is 0 Å². The Hall–Kier alpha value is -1.35. The highest BCUT2D eigenvalue weighted by atomic mass is 16.3. The third-order valence-electron chi connectivity index (χ3n) is 3.88. The van der Waals surface area contributed by atoms with Crippen molar-refractivity contribution in [3.8, 4) is 0 Å². The van der Waals surface area contributed by atoms with Gasteiger partial charge in [0.25, 0.3) is 0 Å². The highest BCUT2D eigenvalue weighted by molar-refractivity contribution is 5.75. The number of rotatable bonds is 5. The quantitative estimate of drug-likeness (QED) is 0.856. The number of benzene rings is 1. The van der Waals surface area contributed by atoms with E-state index in [1.165, 1.54) is 37.7 Å². The summed E-state index contributed by atoms with van der Waals surface area (Å²) in [4.78, 5) is 11.3. The Bertz CT molecular complexity index is 394. The largest absolute Gasteiger partial charge is 0.396 e. The van der Waals surface area contributed by atoms with Gasteiger partial charge < -0.3 is 10.4 Å². The lowest BCUT2D eigenvalue weighted by atomic mass is 9.84. The van der Waals surface area contributed by atoms with Crippen LogP contribution in [-0.4, -0.2) is 17.6 Å². The molecule has 1 aromatic rings. The molecular formula is C16H23NO2. The Morgan fingerprint density at radius 2 is 1.84 bits per heavy atom. The van der Waals surface area contributed by atoms with Crippen molar-refractivity contribution in [2.45, 2.75) is 51.0 Å². The van der Waals surface area contributed by atoms with Gasteiger partial charge in [-0.15, -0.1) is 0 Å². The molecule has 1 aliphatic rings. The number of amides is 1. The predicted octanol–water partition coefficient (Wildman–Crippen LogP) is 2.73. The van der Waals surface area contributed by atoms with Crippen molar-refractivity contribution in [2.75, 3.05) is 6.61 Å². The van der Waals surface area contributed by atoms with Crippen molar-refractivity contribution in [3.63, 3.8) is 0 Å². The predicted molar refractivity (Wildman–Crippen MR) is 75.8 cm³/mol. The van der Waals surface area contributed by atoms with Gasteiger partial charge in [0.15, 0.2) is 0 Å². The van der Waals surface area contributed by atoms with Crippen molar-refractivity contribution in [2.24, 2.45) is 0 Å². The topological polar surface area (TPSA) is 49.3 Å². The fraction of sp³-hybridized carbons (Fsp3) is 0.562. The first kappa shape index (κ1) is 14.1. The second-order valence-corrected chi connectivity index (χ2v) is 5.33. The van der Waals surface area contributed by atoms with E-state index in [9.17, 15) is 4.79 Å². The van der Waals surface area contributed by atoms with Crippen LogP contribution in [0.4, 0.5) is 0 Å². The maximum atomic E-state index is 11.3. The summed E-state index contributed by atoms with van der Waals surface area (Å²) in [6.07, 6.45) is 6.89. The zero-order valence-corrected chi connectivity index (χ0v) is 11.4. The first-order chi connectivity index (χ1) is 9.29. The maximum absolute atomic E-state index is 11.3. The lowest BCUT2D eigenvalue weighted by Gasteiger charge is -2.22. The number of aliphatic hydroxyl groups excluding tert-OH is 1. The number of hydrogen-bond acceptors (Lipinski definition) is 2. The van der Waals surface area contributed by atoms with Crippen LogP contribution in [0.15, 0.2) is 24.3 Å². The van der Waals surface area contributed by atoms with Gasteiger partial charge in [-0.1, -0.05) is 43.5 Å². The number of carbonyl (C=O) groups is 1. The zero-order valence-electron chi connectivity index (χ0n) is 11.4. The molecule has 1 fully saturated rings. The smallest absolute Gasteiger partial charge is 0.222 e. The minimum absolute atomic E-state index is 0.0908. The Balaban J connectivity index is 1.85. The monoisotopic (exact) mass is 261 g/mol. The van der Waals surface area contributed by atoms with Gasteiger partial charge in [0.05, 0.1) is 6.61 Å². The lowest BCUT2D eigenvalue weighted by molar-refractivity contribution is -0.121. The summed E-state index contributed by atoms with van der Waals surface area (Å²) in [6.45, 7) is 0.455. The van der Waals surface area contributed by atoms with Gasteiger partial charge in [0.2, 0.25) is 5.91 Å². The molecule has 0 unspecified atom stereocenters. The molecule has 19 heavy (non-hydrogen) atoms. The van der Waals surface area contributed by atoms with Crippen LogP contribution in [-0.2, 0) is 11.3 Å². The average molecular weight is 261 g/mol. The molecular weight excluding hydrogens is 238 g/mol. The molecule has 1 aromatic carbocycles. The Morgan fingerprint density at radius 3 is 2.47 bits per heavy atom. The summed E-state index contributed by atoms with van der Waals surface area (Å²) in [5.41, 5.74) is 2.55. The molecule has 0 aliphatic heterocycles. The molecule has 2 rings (SSSR count). The van der Waals surface area contributed by atoms with Crippen molar-refractivity contribution in [3.05, 3.63) is 35.4 Å². The molecule has 0 heterocycles. The lowest BCUT2D eigenvalue weighted by Crippen LogP contribution is -2.23. The molecule has 0 saturated heterocycles. The Labute approximate surface area is 115 Å². The van der Waals surface area contributed by atoms with E-state index in [4.69, 9.17) is 5.11 Å². The van der Waals surface area contributed by atoms with Crippen LogP contribution < -0.4 is 5.32 Å². The van der Waals surface area contributed by atoms with Crippen LogP contribution in [0.2, 0.25) is 0 Å². The fourth-order valence-corrected chi connectivity index (χ4v) is 2.73. The molecule has 0 bridgehead atoms. The third-order valence-corrected chi connectivity index (χ3v) is 3.88. The molecule has 3 heteroatoms. The third kappa shape index (κ3) is 4.35. The van der Waals surface area contributed by atoms with E-state index in [1.54, 1.807) is 0 Å². The second kappa shape index (κ2) is 7.29. The zero-order chi connectivity index (χ0) is 13.5. The van der Waals surface area contributed by atoms with Gasteiger partial charge in [-0.05, 0) is 29.9 Å². The van der Waals surface area contributed by atoms with E-state index in [0.29, 0.717) is 6.54 Å². The SMILES string of the molecule is O=C(CCO)NCc1ccc(C2CCCCC2)cc1. The summed E-state index contributed by atoms with van der Waals surface area (Å²) in [7, 11) is 0. The molecule has 0 spiro atoms. The first-order valence-electron chi connectivity index (χ1n) is 7.26. The van der Waals surface area contributed by atoms with E-state index in [-0.39, 0.29) is 18.9 Å². The van der Waals surface area contributed by atoms with Crippen molar-refractivity contribution >= 4 is 5.91 Å². The number of carbonyl (C=O) groups excluding carboxylic acids is 1. The highest BCUT2D eigenvalue weighted by Gasteiger charge is 2.14. The van der Waals surface area contributed by atoms with Crippen LogP contribution >= 0.6 is 0 Å². The summed E-state index contributed by atoms with van der Waals surface area (Å²) in [6, 6.07) is 8.60. The number of nitrogens with one attached hydrogen (secondary N) is 1. The van der Waals surface area contributed by atoms with Gasteiger partial charge in [0, 0.05) is 13.0 Å². The summed E-state index contributed by atoms with van der Waals surface area (Å²) < 4.78 is 0. The highest BCUT2D eigenvalue weighted by Crippen LogP contribution is 2.32. The molecule has 1 aliphatic carbocycles. The number of hydrogen-bond donors (Lipinski definition) is 2. The molecule has 3 nitrogen and oxygen atoms in total. The molecule has 104 valence electrons. The van der Waals surface area contributed by atoms with E-state index in [0.717, 1.165) is 11.5 Å². The number of aliphatic hydroxyl groups is 1. The van der Waals surface area contributed by atoms with Crippen molar-refractivity contribution in [1.29, 1.82) is 0 Å². The Morgan fingerprint density at radius 1 is 1.16 bits per heavy atom. The standard InChI is InChI=1S/C16H23NO2/c18-11-10-16(19)17-12-13-6-8-15(9-7-13)14-4-2-1-3-5-14/h6-9,14,18H,1-5,10-12H2,(H,17,19). The average Bonchev–Trinajstić information content (AvgIpc) is 2.47. The summed E-state index contributed by atoms with van der Waals surface area (Å²) in [5, 5.41) is 11.5. The molecule has 0 aromatic heterocycles. The minimum Gasteiger partial charge on any atom is -0.396 e.